The van der Waals surface area contributed by atoms with Gasteiger partial charge in [-0.3, -0.25) is 0 Å². The number of rotatable bonds is 5. The number of anilines is 2. The Hall–Kier alpha value is -1.96. The van der Waals surface area contributed by atoms with E-state index in [1.807, 2.05) is 0 Å². The van der Waals surface area contributed by atoms with Gasteiger partial charge in [0, 0.05) is 18.4 Å². The third kappa shape index (κ3) is 2.83. The molecule has 2 aliphatic rings. The van der Waals surface area contributed by atoms with Gasteiger partial charge in [-0.15, -0.1) is 0 Å². The predicted octanol–water partition coefficient (Wildman–Crippen LogP) is 4.73. The fourth-order valence-corrected chi connectivity index (χ4v) is 3.18. The first-order valence-corrected chi connectivity index (χ1v) is 8.38. The van der Waals surface area contributed by atoms with E-state index < -0.39 is 0 Å². The van der Waals surface area contributed by atoms with Gasteiger partial charge in [0.2, 0.25) is 0 Å². The number of hydrogen-bond donors (Lipinski definition) is 0. The number of fused-ring (bicyclic) bond motifs is 1. The van der Waals surface area contributed by atoms with Gasteiger partial charge in [-0.1, -0.05) is 6.07 Å². The fraction of sp³-hybridized carbons (Fsp3) is 0.400. The van der Waals surface area contributed by atoms with E-state index >= 15 is 0 Å². The zero-order valence-corrected chi connectivity index (χ0v) is 13.2. The summed E-state index contributed by atoms with van der Waals surface area (Å²) in [6.45, 7) is 0.875. The lowest BCUT2D eigenvalue weighted by atomic mass is 10.1. The highest BCUT2D eigenvalue weighted by molar-refractivity contribution is 5.64. The summed E-state index contributed by atoms with van der Waals surface area (Å²) in [7, 11) is 2.14. The van der Waals surface area contributed by atoms with Gasteiger partial charge < -0.3 is 9.64 Å². The molecule has 0 bridgehead atoms. The Labute approximate surface area is 132 Å². The molecule has 2 aromatic carbocycles. The highest BCUT2D eigenvalue weighted by Gasteiger charge is 2.21. The molecule has 2 aliphatic carbocycles. The van der Waals surface area contributed by atoms with Gasteiger partial charge in [-0.25, -0.2) is 0 Å². The normalized spacial score (nSPS) is 16.4. The van der Waals surface area contributed by atoms with Gasteiger partial charge in [-0.2, -0.15) is 0 Å². The largest absolute Gasteiger partial charge is 0.493 e. The van der Waals surface area contributed by atoms with E-state index in [4.69, 9.17) is 4.74 Å². The van der Waals surface area contributed by atoms with Gasteiger partial charge in [-0.05, 0) is 85.5 Å². The maximum absolute atomic E-state index is 5.81. The SMILES string of the molecule is CN(c1ccc(OCC2CC2)cc1)c1ccc2c(c1)CCC2. The predicted molar refractivity (Wildman–Crippen MR) is 91.2 cm³/mol. The van der Waals surface area contributed by atoms with Crippen molar-refractivity contribution in [2.24, 2.45) is 5.92 Å². The number of nitrogens with zero attached hydrogens (tertiary/aromatic N) is 1. The zero-order valence-electron chi connectivity index (χ0n) is 13.2. The Morgan fingerprint density at radius 2 is 1.68 bits per heavy atom. The van der Waals surface area contributed by atoms with E-state index in [2.05, 4.69) is 54.4 Å². The zero-order chi connectivity index (χ0) is 14.9. The lowest BCUT2D eigenvalue weighted by molar-refractivity contribution is 0.300. The molecule has 4 rings (SSSR count). The van der Waals surface area contributed by atoms with Crippen molar-refractivity contribution in [1.82, 2.24) is 0 Å². The molecule has 0 spiro atoms. The Kier molecular flexibility index (Phi) is 3.53. The van der Waals surface area contributed by atoms with Crippen molar-refractivity contribution in [2.75, 3.05) is 18.6 Å². The first-order chi connectivity index (χ1) is 10.8. The first kappa shape index (κ1) is 13.7. The van der Waals surface area contributed by atoms with Crippen LogP contribution in [0.5, 0.6) is 5.75 Å². The lowest BCUT2D eigenvalue weighted by Crippen LogP contribution is -2.09. The molecule has 22 heavy (non-hydrogen) atoms. The van der Waals surface area contributed by atoms with Crippen molar-refractivity contribution >= 4 is 11.4 Å². The smallest absolute Gasteiger partial charge is 0.119 e. The molecule has 0 aliphatic heterocycles. The van der Waals surface area contributed by atoms with E-state index in [0.717, 1.165) is 18.3 Å². The summed E-state index contributed by atoms with van der Waals surface area (Å²) in [6.07, 6.45) is 6.44. The van der Waals surface area contributed by atoms with Crippen molar-refractivity contribution < 1.29 is 4.74 Å². The van der Waals surface area contributed by atoms with Crippen LogP contribution in [0.1, 0.15) is 30.4 Å². The van der Waals surface area contributed by atoms with E-state index in [1.54, 1.807) is 0 Å². The van der Waals surface area contributed by atoms with Crippen molar-refractivity contribution in [1.29, 1.82) is 0 Å². The number of aryl methyl sites for hydroxylation is 2. The number of hydrogen-bond acceptors (Lipinski definition) is 2. The molecule has 0 amide bonds. The molecular formula is C20H23NO. The van der Waals surface area contributed by atoms with E-state index in [9.17, 15) is 0 Å². The summed E-state index contributed by atoms with van der Waals surface area (Å²) in [5.41, 5.74) is 5.53. The van der Waals surface area contributed by atoms with Crippen molar-refractivity contribution in [3.63, 3.8) is 0 Å². The van der Waals surface area contributed by atoms with Gasteiger partial charge in [0.25, 0.3) is 0 Å². The van der Waals surface area contributed by atoms with Crippen LogP contribution in [-0.2, 0) is 12.8 Å². The third-order valence-electron chi connectivity index (χ3n) is 4.88. The second kappa shape index (κ2) is 5.68. The summed E-state index contributed by atoms with van der Waals surface area (Å²) < 4.78 is 5.81. The highest BCUT2D eigenvalue weighted by Crippen LogP contribution is 2.32. The summed E-state index contributed by atoms with van der Waals surface area (Å²) in [4.78, 5) is 2.25. The summed E-state index contributed by atoms with van der Waals surface area (Å²) in [5.74, 6) is 1.78. The quantitative estimate of drug-likeness (QED) is 0.790. The molecule has 0 N–H and O–H groups in total. The molecule has 2 nitrogen and oxygen atoms in total. The minimum Gasteiger partial charge on any atom is -0.493 e. The molecule has 0 aromatic heterocycles. The number of benzene rings is 2. The monoisotopic (exact) mass is 293 g/mol. The van der Waals surface area contributed by atoms with Crippen LogP contribution in [0.3, 0.4) is 0 Å². The Morgan fingerprint density at radius 1 is 0.955 bits per heavy atom. The molecule has 0 radical (unpaired) electrons. The van der Waals surface area contributed by atoms with Gasteiger partial charge in [0.15, 0.2) is 0 Å². The highest BCUT2D eigenvalue weighted by atomic mass is 16.5. The molecule has 0 unspecified atom stereocenters. The van der Waals surface area contributed by atoms with Crippen LogP contribution in [0.15, 0.2) is 42.5 Å². The third-order valence-corrected chi connectivity index (χ3v) is 4.88. The maximum Gasteiger partial charge on any atom is 0.119 e. The van der Waals surface area contributed by atoms with Gasteiger partial charge in [0.05, 0.1) is 6.61 Å². The molecule has 0 atom stereocenters. The second-order valence-corrected chi connectivity index (χ2v) is 6.61. The van der Waals surface area contributed by atoms with Crippen LogP contribution < -0.4 is 9.64 Å². The second-order valence-electron chi connectivity index (χ2n) is 6.61. The van der Waals surface area contributed by atoms with Crippen molar-refractivity contribution in [3.05, 3.63) is 53.6 Å². The van der Waals surface area contributed by atoms with Crippen LogP contribution in [0.2, 0.25) is 0 Å². The Bertz CT molecular complexity index is 658. The van der Waals surface area contributed by atoms with Crippen LogP contribution in [0, 0.1) is 5.92 Å². The molecule has 1 fully saturated rings. The van der Waals surface area contributed by atoms with Crippen LogP contribution in [-0.4, -0.2) is 13.7 Å². The van der Waals surface area contributed by atoms with Gasteiger partial charge >= 0.3 is 0 Å². The molecule has 2 aromatic rings. The van der Waals surface area contributed by atoms with Crippen LogP contribution >= 0.6 is 0 Å². The van der Waals surface area contributed by atoms with E-state index in [1.165, 1.54) is 54.6 Å². The lowest BCUT2D eigenvalue weighted by Gasteiger charge is -2.21. The summed E-state index contributed by atoms with van der Waals surface area (Å²) in [6, 6.07) is 15.3. The average Bonchev–Trinajstić information content (AvgIpc) is 3.27. The van der Waals surface area contributed by atoms with Crippen molar-refractivity contribution in [2.45, 2.75) is 32.1 Å². The molecular weight excluding hydrogens is 270 g/mol. The first-order valence-electron chi connectivity index (χ1n) is 8.38. The van der Waals surface area contributed by atoms with Crippen LogP contribution in [0.25, 0.3) is 0 Å². The fourth-order valence-electron chi connectivity index (χ4n) is 3.18. The van der Waals surface area contributed by atoms with E-state index in [0.29, 0.717) is 0 Å². The summed E-state index contributed by atoms with van der Waals surface area (Å²) in [5, 5.41) is 0. The Morgan fingerprint density at radius 3 is 2.45 bits per heavy atom. The van der Waals surface area contributed by atoms with Crippen molar-refractivity contribution in [3.8, 4) is 5.75 Å². The summed E-state index contributed by atoms with van der Waals surface area (Å²) >= 11 is 0. The number of ether oxygens (including phenoxy) is 1. The van der Waals surface area contributed by atoms with Gasteiger partial charge in [0.1, 0.15) is 5.75 Å². The van der Waals surface area contributed by atoms with E-state index in [-0.39, 0.29) is 0 Å². The molecule has 2 heteroatoms. The van der Waals surface area contributed by atoms with Crippen LogP contribution in [0.4, 0.5) is 11.4 Å². The molecule has 1 saturated carbocycles. The average molecular weight is 293 g/mol. The minimum absolute atomic E-state index is 0.800. The molecule has 114 valence electrons. The molecule has 0 heterocycles. The standard InChI is InChI=1S/C20H23NO/c1-21(19-8-7-16-3-2-4-17(16)13-19)18-9-11-20(12-10-18)22-14-15-5-6-15/h7-13,15H,2-6,14H2,1H3. The minimum atomic E-state index is 0.800. The Balaban J connectivity index is 1.48. The topological polar surface area (TPSA) is 12.5 Å². The molecule has 0 saturated heterocycles. The maximum atomic E-state index is 5.81.